The van der Waals surface area contributed by atoms with Gasteiger partial charge in [-0.2, -0.15) is 0 Å². The Morgan fingerprint density at radius 2 is 1.93 bits per heavy atom. The second-order valence-corrected chi connectivity index (χ2v) is 6.26. The van der Waals surface area contributed by atoms with Crippen molar-refractivity contribution in [2.24, 2.45) is 5.41 Å². The molecule has 0 spiro atoms. The molecule has 0 aromatic rings. The van der Waals surface area contributed by atoms with Gasteiger partial charge in [0.05, 0.1) is 0 Å². The SMILES string of the molecule is CC(C)(C)C1CCCCN1C1CCNC1. The average Bonchev–Trinajstić information content (AvgIpc) is 2.69. The minimum absolute atomic E-state index is 0.447. The lowest BCUT2D eigenvalue weighted by atomic mass is 9.80. The van der Waals surface area contributed by atoms with Crippen LogP contribution in [0.1, 0.15) is 46.5 Å². The predicted molar refractivity (Wildman–Crippen MR) is 65.1 cm³/mol. The zero-order chi connectivity index (χ0) is 10.9. The summed E-state index contributed by atoms with van der Waals surface area (Å²) in [4.78, 5) is 2.80. The number of likely N-dealkylation sites (tertiary alicyclic amines) is 1. The van der Waals surface area contributed by atoms with Gasteiger partial charge < -0.3 is 5.32 Å². The lowest BCUT2D eigenvalue weighted by Crippen LogP contribution is -2.52. The van der Waals surface area contributed by atoms with E-state index < -0.39 is 0 Å². The van der Waals surface area contributed by atoms with Gasteiger partial charge in [0, 0.05) is 18.6 Å². The van der Waals surface area contributed by atoms with Gasteiger partial charge in [0.15, 0.2) is 0 Å². The largest absolute Gasteiger partial charge is 0.315 e. The summed E-state index contributed by atoms with van der Waals surface area (Å²) in [6, 6.07) is 1.62. The number of piperidine rings is 1. The van der Waals surface area contributed by atoms with Gasteiger partial charge >= 0.3 is 0 Å². The molecule has 0 amide bonds. The molecule has 0 aromatic heterocycles. The van der Waals surface area contributed by atoms with Crippen LogP contribution in [0.2, 0.25) is 0 Å². The summed E-state index contributed by atoms with van der Waals surface area (Å²) in [5, 5.41) is 3.50. The van der Waals surface area contributed by atoms with Crippen molar-refractivity contribution in [2.75, 3.05) is 19.6 Å². The van der Waals surface area contributed by atoms with E-state index in [1.165, 1.54) is 45.3 Å². The van der Waals surface area contributed by atoms with Gasteiger partial charge in [-0.3, -0.25) is 4.90 Å². The molecule has 0 aromatic carbocycles. The molecule has 0 aliphatic carbocycles. The monoisotopic (exact) mass is 210 g/mol. The molecular formula is C13H26N2. The Kier molecular flexibility index (Phi) is 3.36. The third kappa shape index (κ3) is 2.54. The minimum Gasteiger partial charge on any atom is -0.315 e. The molecule has 2 aliphatic heterocycles. The van der Waals surface area contributed by atoms with E-state index in [0.717, 1.165) is 12.1 Å². The van der Waals surface area contributed by atoms with E-state index in [2.05, 4.69) is 31.0 Å². The van der Waals surface area contributed by atoms with E-state index in [1.54, 1.807) is 0 Å². The molecule has 2 saturated heterocycles. The van der Waals surface area contributed by atoms with Crippen LogP contribution < -0.4 is 5.32 Å². The smallest absolute Gasteiger partial charge is 0.0235 e. The maximum absolute atomic E-state index is 3.50. The average molecular weight is 210 g/mol. The minimum atomic E-state index is 0.447. The van der Waals surface area contributed by atoms with E-state index >= 15 is 0 Å². The number of rotatable bonds is 1. The number of hydrogen-bond donors (Lipinski definition) is 1. The summed E-state index contributed by atoms with van der Waals surface area (Å²) in [6.07, 6.45) is 5.59. The first-order valence-corrected chi connectivity index (χ1v) is 6.55. The molecule has 1 N–H and O–H groups in total. The Morgan fingerprint density at radius 3 is 2.53 bits per heavy atom. The molecule has 2 atom stereocenters. The first-order chi connectivity index (χ1) is 7.09. The van der Waals surface area contributed by atoms with Gasteiger partial charge in [-0.05, 0) is 37.8 Å². The maximum Gasteiger partial charge on any atom is 0.0235 e. The van der Waals surface area contributed by atoms with Crippen molar-refractivity contribution in [1.29, 1.82) is 0 Å². The summed E-state index contributed by atoms with van der Waals surface area (Å²) in [5.74, 6) is 0. The van der Waals surface area contributed by atoms with Crippen molar-refractivity contribution in [3.05, 3.63) is 0 Å². The van der Waals surface area contributed by atoms with Crippen LogP contribution in [0.5, 0.6) is 0 Å². The van der Waals surface area contributed by atoms with Crippen LogP contribution in [0.3, 0.4) is 0 Å². The van der Waals surface area contributed by atoms with E-state index in [0.29, 0.717) is 5.41 Å². The Morgan fingerprint density at radius 1 is 1.13 bits per heavy atom. The van der Waals surface area contributed by atoms with E-state index in [1.807, 2.05) is 0 Å². The normalized spacial score (nSPS) is 34.6. The molecule has 0 saturated carbocycles. The fraction of sp³-hybridized carbons (Fsp3) is 1.00. The molecular weight excluding hydrogens is 184 g/mol. The summed E-state index contributed by atoms with van der Waals surface area (Å²) in [5.41, 5.74) is 0.447. The molecule has 88 valence electrons. The second kappa shape index (κ2) is 4.42. The van der Waals surface area contributed by atoms with Crippen molar-refractivity contribution in [1.82, 2.24) is 10.2 Å². The molecule has 15 heavy (non-hydrogen) atoms. The van der Waals surface area contributed by atoms with Gasteiger partial charge in [0.1, 0.15) is 0 Å². The van der Waals surface area contributed by atoms with Crippen LogP contribution in [-0.4, -0.2) is 36.6 Å². The van der Waals surface area contributed by atoms with Gasteiger partial charge in [-0.15, -0.1) is 0 Å². The zero-order valence-corrected chi connectivity index (χ0v) is 10.6. The van der Waals surface area contributed by atoms with Crippen molar-refractivity contribution < 1.29 is 0 Å². The number of hydrogen-bond acceptors (Lipinski definition) is 2. The van der Waals surface area contributed by atoms with Crippen LogP contribution in [0.4, 0.5) is 0 Å². The summed E-state index contributed by atoms with van der Waals surface area (Å²) in [6.45, 7) is 11.0. The summed E-state index contributed by atoms with van der Waals surface area (Å²) >= 11 is 0. The van der Waals surface area contributed by atoms with Gasteiger partial charge in [-0.1, -0.05) is 27.2 Å². The van der Waals surface area contributed by atoms with E-state index in [9.17, 15) is 0 Å². The predicted octanol–water partition coefficient (Wildman–Crippen LogP) is 2.25. The van der Waals surface area contributed by atoms with Gasteiger partial charge in [0.25, 0.3) is 0 Å². The van der Waals surface area contributed by atoms with E-state index in [4.69, 9.17) is 0 Å². The van der Waals surface area contributed by atoms with Gasteiger partial charge in [-0.25, -0.2) is 0 Å². The van der Waals surface area contributed by atoms with Gasteiger partial charge in [0.2, 0.25) is 0 Å². The number of nitrogens with one attached hydrogen (secondary N) is 1. The fourth-order valence-corrected chi connectivity index (χ4v) is 3.24. The topological polar surface area (TPSA) is 15.3 Å². The van der Waals surface area contributed by atoms with Crippen molar-refractivity contribution in [3.63, 3.8) is 0 Å². The molecule has 2 aliphatic rings. The first kappa shape index (κ1) is 11.4. The molecule has 2 heteroatoms. The quantitative estimate of drug-likeness (QED) is 0.714. The van der Waals surface area contributed by atoms with Crippen molar-refractivity contribution in [2.45, 2.75) is 58.5 Å². The molecule has 2 heterocycles. The lowest BCUT2D eigenvalue weighted by molar-refractivity contribution is 0.0335. The molecule has 0 radical (unpaired) electrons. The molecule has 2 rings (SSSR count). The highest BCUT2D eigenvalue weighted by atomic mass is 15.2. The lowest BCUT2D eigenvalue weighted by Gasteiger charge is -2.46. The van der Waals surface area contributed by atoms with Crippen molar-refractivity contribution in [3.8, 4) is 0 Å². The highest BCUT2D eigenvalue weighted by molar-refractivity contribution is 4.92. The zero-order valence-electron chi connectivity index (χ0n) is 10.6. The van der Waals surface area contributed by atoms with Crippen LogP contribution in [-0.2, 0) is 0 Å². The fourth-order valence-electron chi connectivity index (χ4n) is 3.24. The Labute approximate surface area is 94.4 Å². The van der Waals surface area contributed by atoms with Crippen LogP contribution in [0, 0.1) is 5.41 Å². The maximum atomic E-state index is 3.50. The Balaban J connectivity index is 2.05. The first-order valence-electron chi connectivity index (χ1n) is 6.55. The van der Waals surface area contributed by atoms with E-state index in [-0.39, 0.29) is 0 Å². The summed E-state index contributed by atoms with van der Waals surface area (Å²) < 4.78 is 0. The molecule has 2 nitrogen and oxygen atoms in total. The van der Waals surface area contributed by atoms with Crippen LogP contribution >= 0.6 is 0 Å². The third-order valence-electron chi connectivity index (χ3n) is 4.05. The third-order valence-corrected chi connectivity index (χ3v) is 4.05. The molecule has 2 unspecified atom stereocenters. The summed E-state index contributed by atoms with van der Waals surface area (Å²) in [7, 11) is 0. The standard InChI is InChI=1S/C13H26N2/c1-13(2,3)12-6-4-5-9-15(12)11-7-8-14-10-11/h11-12,14H,4-10H2,1-3H3. The second-order valence-electron chi connectivity index (χ2n) is 6.26. The highest BCUT2D eigenvalue weighted by Crippen LogP contribution is 2.33. The molecule has 2 fully saturated rings. The van der Waals surface area contributed by atoms with Crippen LogP contribution in [0.15, 0.2) is 0 Å². The highest BCUT2D eigenvalue weighted by Gasteiger charge is 2.36. The molecule has 0 bridgehead atoms. The van der Waals surface area contributed by atoms with Crippen LogP contribution in [0.25, 0.3) is 0 Å². The Hall–Kier alpha value is -0.0800. The van der Waals surface area contributed by atoms with Crippen molar-refractivity contribution >= 4 is 0 Å². The Bertz CT molecular complexity index is 201. The number of nitrogens with zero attached hydrogens (tertiary/aromatic N) is 1.